The van der Waals surface area contributed by atoms with E-state index in [0.29, 0.717) is 0 Å². The molecule has 3 aromatic rings. The van der Waals surface area contributed by atoms with E-state index in [0.717, 1.165) is 45.5 Å². The fraction of sp³-hybridized carbons (Fsp3) is 0.0400. The minimum Gasteiger partial charge on any atom is -0.399 e. The van der Waals surface area contributed by atoms with Crippen LogP contribution in [0.3, 0.4) is 0 Å². The number of hydrogen-bond donors (Lipinski definition) is 3. The molecule has 1 aliphatic rings. The molecule has 0 fully saturated rings. The van der Waals surface area contributed by atoms with Crippen molar-refractivity contribution in [2.24, 2.45) is 9.98 Å². The molecule has 0 radical (unpaired) electrons. The Bertz CT molecular complexity index is 1100. The van der Waals surface area contributed by atoms with Crippen molar-refractivity contribution in [2.75, 3.05) is 23.4 Å². The molecule has 0 atom stereocenters. The van der Waals surface area contributed by atoms with Crippen LogP contribution in [-0.2, 0) is 0 Å². The quantitative estimate of drug-likeness (QED) is 0.366. The van der Waals surface area contributed by atoms with Crippen LogP contribution in [0.25, 0.3) is 0 Å². The number of aliphatic imine (C=N–C) groups is 2. The molecule has 5 nitrogen and oxygen atoms in total. The first-order valence-corrected chi connectivity index (χ1v) is 9.72. The number of allylic oxidation sites excluding steroid dienone is 4. The zero-order valence-corrected chi connectivity index (χ0v) is 16.7. The van der Waals surface area contributed by atoms with Crippen LogP contribution in [0.1, 0.15) is 0 Å². The Morgan fingerprint density at radius 3 is 1.43 bits per heavy atom. The molecule has 148 valence electrons. The lowest BCUT2D eigenvalue weighted by Gasteiger charge is -2.08. The fourth-order valence-corrected chi connectivity index (χ4v) is 2.95. The molecular weight excluding hydrogens is 370 g/mol. The van der Waals surface area contributed by atoms with Crippen molar-refractivity contribution < 1.29 is 0 Å². The third kappa shape index (κ3) is 5.02. The second-order valence-corrected chi connectivity index (χ2v) is 6.83. The molecular formula is C25H23N5. The first-order valence-electron chi connectivity index (χ1n) is 9.72. The molecule has 0 heterocycles. The first-order chi connectivity index (χ1) is 14.7. The number of nitrogens with one attached hydrogen (secondary N) is 2. The lowest BCUT2D eigenvalue weighted by Crippen LogP contribution is -1.99. The van der Waals surface area contributed by atoms with Crippen LogP contribution in [0.5, 0.6) is 0 Å². The third-order valence-corrected chi connectivity index (χ3v) is 4.59. The van der Waals surface area contributed by atoms with Gasteiger partial charge in [0, 0.05) is 29.8 Å². The number of nitrogens with two attached hydrogens (primary N) is 1. The van der Waals surface area contributed by atoms with Crippen LogP contribution in [0.15, 0.2) is 107 Å². The summed E-state index contributed by atoms with van der Waals surface area (Å²) < 4.78 is 0. The molecule has 0 unspecified atom stereocenters. The predicted octanol–water partition coefficient (Wildman–Crippen LogP) is 6.03. The number of benzene rings is 3. The Morgan fingerprint density at radius 2 is 0.967 bits per heavy atom. The van der Waals surface area contributed by atoms with Gasteiger partial charge in [-0.15, -0.1) is 0 Å². The van der Waals surface area contributed by atoms with E-state index in [1.165, 1.54) is 0 Å². The molecule has 0 aliphatic heterocycles. The van der Waals surface area contributed by atoms with Crippen molar-refractivity contribution in [3.8, 4) is 0 Å². The fourth-order valence-electron chi connectivity index (χ4n) is 2.95. The highest BCUT2D eigenvalue weighted by atomic mass is 14.9. The lowest BCUT2D eigenvalue weighted by atomic mass is 10.1. The highest BCUT2D eigenvalue weighted by Gasteiger charge is 2.01. The van der Waals surface area contributed by atoms with Crippen molar-refractivity contribution in [3.05, 3.63) is 97.1 Å². The van der Waals surface area contributed by atoms with Crippen LogP contribution in [0.2, 0.25) is 0 Å². The maximum atomic E-state index is 5.71. The zero-order chi connectivity index (χ0) is 20.8. The summed E-state index contributed by atoms with van der Waals surface area (Å²) in [4.78, 5) is 9.26. The number of hydrogen-bond acceptors (Lipinski definition) is 5. The average Bonchev–Trinajstić information content (AvgIpc) is 2.78. The van der Waals surface area contributed by atoms with Gasteiger partial charge in [0.15, 0.2) is 0 Å². The second-order valence-electron chi connectivity index (χ2n) is 6.83. The van der Waals surface area contributed by atoms with Crippen molar-refractivity contribution in [1.82, 2.24) is 0 Å². The van der Waals surface area contributed by atoms with E-state index in [9.17, 15) is 0 Å². The van der Waals surface area contributed by atoms with E-state index in [4.69, 9.17) is 5.73 Å². The second kappa shape index (κ2) is 8.92. The molecule has 0 spiro atoms. The normalized spacial score (nSPS) is 12.6. The SMILES string of the molecule is CNc1ccc(Nc2ccc(N=C3C=CC(=Nc4ccc(N)cc4)C=C3)cc2)cc1. The van der Waals surface area contributed by atoms with E-state index in [2.05, 4.69) is 20.6 Å². The smallest absolute Gasteiger partial charge is 0.0638 e. The maximum Gasteiger partial charge on any atom is 0.0638 e. The Morgan fingerprint density at radius 1 is 0.567 bits per heavy atom. The van der Waals surface area contributed by atoms with E-state index in [1.54, 1.807) is 0 Å². The van der Waals surface area contributed by atoms with Gasteiger partial charge >= 0.3 is 0 Å². The largest absolute Gasteiger partial charge is 0.399 e. The van der Waals surface area contributed by atoms with Gasteiger partial charge in [-0.25, -0.2) is 9.98 Å². The topological polar surface area (TPSA) is 74.8 Å². The van der Waals surface area contributed by atoms with Crippen LogP contribution in [0.4, 0.5) is 34.1 Å². The number of nitrogens with zero attached hydrogens (tertiary/aromatic N) is 2. The van der Waals surface area contributed by atoms with Crippen LogP contribution >= 0.6 is 0 Å². The molecule has 0 amide bonds. The van der Waals surface area contributed by atoms with Gasteiger partial charge in [0.1, 0.15) is 0 Å². The van der Waals surface area contributed by atoms with Crippen LogP contribution in [-0.4, -0.2) is 18.5 Å². The first kappa shape index (κ1) is 19.2. The Hall–Kier alpha value is -4.12. The molecule has 0 aromatic heterocycles. The molecule has 4 N–H and O–H groups in total. The van der Waals surface area contributed by atoms with Gasteiger partial charge in [0.05, 0.1) is 22.8 Å². The minimum atomic E-state index is 0.732. The molecule has 30 heavy (non-hydrogen) atoms. The number of anilines is 4. The highest BCUT2D eigenvalue weighted by molar-refractivity contribution is 6.19. The van der Waals surface area contributed by atoms with Crippen molar-refractivity contribution in [3.63, 3.8) is 0 Å². The van der Waals surface area contributed by atoms with Gasteiger partial charge in [-0.2, -0.15) is 0 Å². The average molecular weight is 393 g/mol. The predicted molar refractivity (Wildman–Crippen MR) is 129 cm³/mol. The molecule has 4 rings (SSSR count). The molecule has 3 aromatic carbocycles. The van der Waals surface area contributed by atoms with Crippen molar-refractivity contribution in [1.29, 1.82) is 0 Å². The molecule has 5 heteroatoms. The lowest BCUT2D eigenvalue weighted by molar-refractivity contribution is 1.48. The standard InChI is InChI=1S/C25H23N5/c1-27-19-6-8-21(9-7-19)29-23-14-16-25(17-15-23)30-24-12-10-22(11-13-24)28-20-4-2-18(26)3-5-20/h2-17,27,29H,26H2,1H3. The van der Waals surface area contributed by atoms with E-state index >= 15 is 0 Å². The van der Waals surface area contributed by atoms with Gasteiger partial charge in [-0.05, 0) is 97.1 Å². The van der Waals surface area contributed by atoms with Crippen LogP contribution < -0.4 is 16.4 Å². The summed E-state index contributed by atoms with van der Waals surface area (Å²) in [6, 6.07) is 23.7. The van der Waals surface area contributed by atoms with Crippen molar-refractivity contribution in [2.45, 2.75) is 0 Å². The summed E-state index contributed by atoms with van der Waals surface area (Å²) in [5.41, 5.74) is 13.1. The van der Waals surface area contributed by atoms with Gasteiger partial charge in [-0.3, -0.25) is 0 Å². The summed E-state index contributed by atoms with van der Waals surface area (Å²) in [6.45, 7) is 0. The molecule has 0 bridgehead atoms. The van der Waals surface area contributed by atoms with E-state index in [1.807, 2.05) is 104 Å². The van der Waals surface area contributed by atoms with E-state index in [-0.39, 0.29) is 0 Å². The van der Waals surface area contributed by atoms with Crippen molar-refractivity contribution >= 4 is 45.5 Å². The minimum absolute atomic E-state index is 0.732. The Balaban J connectivity index is 1.40. The van der Waals surface area contributed by atoms with Gasteiger partial charge in [0.2, 0.25) is 0 Å². The van der Waals surface area contributed by atoms with Crippen LogP contribution in [0, 0.1) is 0 Å². The Kier molecular flexibility index (Phi) is 5.71. The van der Waals surface area contributed by atoms with Gasteiger partial charge < -0.3 is 16.4 Å². The van der Waals surface area contributed by atoms with Gasteiger partial charge in [-0.1, -0.05) is 0 Å². The molecule has 0 saturated carbocycles. The summed E-state index contributed by atoms with van der Waals surface area (Å²) in [7, 11) is 1.91. The van der Waals surface area contributed by atoms with E-state index < -0.39 is 0 Å². The maximum absolute atomic E-state index is 5.71. The third-order valence-electron chi connectivity index (χ3n) is 4.59. The zero-order valence-electron chi connectivity index (χ0n) is 16.7. The highest BCUT2D eigenvalue weighted by Crippen LogP contribution is 2.22. The van der Waals surface area contributed by atoms with Gasteiger partial charge in [0.25, 0.3) is 0 Å². The summed E-state index contributed by atoms with van der Waals surface area (Å²) in [5.74, 6) is 0. The number of nitrogen functional groups attached to an aromatic ring is 1. The summed E-state index contributed by atoms with van der Waals surface area (Å²) >= 11 is 0. The summed E-state index contributed by atoms with van der Waals surface area (Å²) in [6.07, 6.45) is 7.84. The Labute approximate surface area is 176 Å². The number of rotatable bonds is 5. The molecule has 1 aliphatic carbocycles. The summed E-state index contributed by atoms with van der Waals surface area (Å²) in [5, 5.41) is 6.51. The molecule has 0 saturated heterocycles. The monoisotopic (exact) mass is 393 g/mol.